The number of aromatic nitrogens is 1. The van der Waals surface area contributed by atoms with E-state index in [4.69, 9.17) is 11.6 Å². The first-order valence-corrected chi connectivity index (χ1v) is 4.83. The highest BCUT2D eigenvalue weighted by Crippen LogP contribution is 2.50. The highest BCUT2D eigenvalue weighted by atomic mass is 35.5. The Labute approximate surface area is 82.6 Å². The lowest BCUT2D eigenvalue weighted by Gasteiger charge is -2.17. The monoisotopic (exact) mass is 197 g/mol. The largest absolute Gasteiger partial charge is 0.392 e. The maximum absolute atomic E-state index is 9.59. The number of hydrogen-bond donors (Lipinski definition) is 1. The van der Waals surface area contributed by atoms with E-state index in [0.717, 1.165) is 18.5 Å². The Bertz CT molecular complexity index is 303. The molecule has 0 spiro atoms. The van der Waals surface area contributed by atoms with Gasteiger partial charge in [-0.25, -0.2) is 0 Å². The number of halogens is 1. The van der Waals surface area contributed by atoms with E-state index in [-0.39, 0.29) is 11.5 Å². The molecule has 2 nitrogen and oxygen atoms in total. The molecule has 13 heavy (non-hydrogen) atoms. The molecule has 1 unspecified atom stereocenters. The maximum Gasteiger partial charge on any atom is 0.0623 e. The van der Waals surface area contributed by atoms with Crippen LogP contribution in [0.3, 0.4) is 0 Å². The van der Waals surface area contributed by atoms with E-state index < -0.39 is 0 Å². The summed E-state index contributed by atoms with van der Waals surface area (Å²) in [4.78, 5) is 4.24. The van der Waals surface area contributed by atoms with Crippen molar-refractivity contribution in [1.82, 2.24) is 4.98 Å². The van der Waals surface area contributed by atoms with Crippen molar-refractivity contribution >= 4 is 11.6 Å². The molecule has 3 heteroatoms. The van der Waals surface area contributed by atoms with Gasteiger partial charge in [0.1, 0.15) is 0 Å². The first kappa shape index (κ1) is 8.97. The fraction of sp³-hybridized carbons (Fsp3) is 0.500. The lowest BCUT2D eigenvalue weighted by molar-refractivity contribution is 0.148. The fourth-order valence-electron chi connectivity index (χ4n) is 1.69. The third-order valence-electron chi connectivity index (χ3n) is 2.83. The van der Waals surface area contributed by atoms with Crippen LogP contribution >= 0.6 is 11.6 Å². The zero-order valence-corrected chi connectivity index (χ0v) is 8.25. The highest BCUT2D eigenvalue weighted by Gasteiger charge is 2.49. The molecule has 1 saturated carbocycles. The van der Waals surface area contributed by atoms with E-state index in [9.17, 15) is 5.11 Å². The van der Waals surface area contributed by atoms with Gasteiger partial charge in [-0.15, -0.1) is 0 Å². The molecule has 1 aromatic heterocycles. The second-order valence-corrected chi connectivity index (χ2v) is 4.13. The Balaban J connectivity index is 2.31. The van der Waals surface area contributed by atoms with E-state index in [1.54, 1.807) is 6.20 Å². The molecule has 0 bridgehead atoms. The van der Waals surface area contributed by atoms with Gasteiger partial charge in [0.25, 0.3) is 0 Å². The topological polar surface area (TPSA) is 33.1 Å². The number of rotatable bonds is 2. The summed E-state index contributed by atoms with van der Waals surface area (Å²) < 4.78 is 0. The van der Waals surface area contributed by atoms with Crippen molar-refractivity contribution in [2.75, 3.05) is 0 Å². The van der Waals surface area contributed by atoms with Crippen LogP contribution in [0.4, 0.5) is 0 Å². The van der Waals surface area contributed by atoms with E-state index in [1.165, 1.54) is 0 Å². The van der Waals surface area contributed by atoms with Crippen LogP contribution in [0.15, 0.2) is 18.3 Å². The second-order valence-electron chi connectivity index (χ2n) is 3.69. The van der Waals surface area contributed by atoms with Crippen LogP contribution in [0.1, 0.15) is 25.5 Å². The van der Waals surface area contributed by atoms with Gasteiger partial charge >= 0.3 is 0 Å². The molecule has 70 valence electrons. The van der Waals surface area contributed by atoms with Gasteiger partial charge in [0.15, 0.2) is 0 Å². The predicted octanol–water partition coefficient (Wildman–Crippen LogP) is 2.15. The highest BCUT2D eigenvalue weighted by molar-refractivity contribution is 6.30. The summed E-state index contributed by atoms with van der Waals surface area (Å²) in [6.07, 6.45) is 3.37. The molecule has 2 rings (SSSR count). The van der Waals surface area contributed by atoms with Crippen molar-refractivity contribution in [1.29, 1.82) is 0 Å². The second kappa shape index (κ2) is 2.96. The van der Waals surface area contributed by atoms with Gasteiger partial charge in [-0.2, -0.15) is 0 Å². The van der Waals surface area contributed by atoms with Crippen LogP contribution in [-0.2, 0) is 5.41 Å². The molecule has 1 N–H and O–H groups in total. The Hall–Kier alpha value is -0.600. The fourth-order valence-corrected chi connectivity index (χ4v) is 1.80. The molecule has 1 aromatic rings. The first-order chi connectivity index (χ1) is 6.15. The summed E-state index contributed by atoms with van der Waals surface area (Å²) in [5.41, 5.74) is 0.886. The molecule has 1 heterocycles. The van der Waals surface area contributed by atoms with E-state index >= 15 is 0 Å². The minimum Gasteiger partial charge on any atom is -0.392 e. The van der Waals surface area contributed by atoms with Gasteiger partial charge in [0.2, 0.25) is 0 Å². The number of hydrogen-bond acceptors (Lipinski definition) is 2. The lowest BCUT2D eigenvalue weighted by Crippen LogP contribution is -2.23. The summed E-state index contributed by atoms with van der Waals surface area (Å²) in [5, 5.41) is 10.2. The minimum absolute atomic E-state index is 0.0788. The maximum atomic E-state index is 9.59. The smallest absolute Gasteiger partial charge is 0.0623 e. The van der Waals surface area contributed by atoms with Gasteiger partial charge < -0.3 is 5.11 Å². The SMILES string of the molecule is CC(O)C1(c2ccc(Cl)cn2)CC1. The van der Waals surface area contributed by atoms with Crippen LogP contribution in [0, 0.1) is 0 Å². The van der Waals surface area contributed by atoms with Crippen LogP contribution in [0.5, 0.6) is 0 Å². The zero-order valence-electron chi connectivity index (χ0n) is 7.50. The number of nitrogens with zero attached hydrogens (tertiary/aromatic N) is 1. The molecule has 0 amide bonds. The normalized spacial score (nSPS) is 21.2. The summed E-state index contributed by atoms with van der Waals surface area (Å²) in [7, 11) is 0. The molecule has 1 atom stereocenters. The molecule has 0 radical (unpaired) electrons. The summed E-state index contributed by atoms with van der Waals surface area (Å²) in [6.45, 7) is 1.82. The van der Waals surface area contributed by atoms with Crippen LogP contribution < -0.4 is 0 Å². The summed E-state index contributed by atoms with van der Waals surface area (Å²) in [5.74, 6) is 0. The van der Waals surface area contributed by atoms with Gasteiger partial charge in [0.05, 0.1) is 11.1 Å². The van der Waals surface area contributed by atoms with Crippen molar-refractivity contribution in [2.24, 2.45) is 0 Å². The van der Waals surface area contributed by atoms with Crippen molar-refractivity contribution in [3.05, 3.63) is 29.0 Å². The minimum atomic E-state index is -0.318. The Morgan fingerprint density at radius 1 is 1.54 bits per heavy atom. The van der Waals surface area contributed by atoms with Crippen molar-refractivity contribution in [3.63, 3.8) is 0 Å². The van der Waals surface area contributed by atoms with E-state index in [0.29, 0.717) is 5.02 Å². The molecule has 0 saturated heterocycles. The van der Waals surface area contributed by atoms with Gasteiger partial charge in [-0.3, -0.25) is 4.98 Å². The number of pyridine rings is 1. The molecule has 1 aliphatic carbocycles. The quantitative estimate of drug-likeness (QED) is 0.788. The van der Waals surface area contributed by atoms with Crippen LogP contribution in [0.2, 0.25) is 5.02 Å². The standard InChI is InChI=1S/C10H12ClNO/c1-7(13)10(4-5-10)9-3-2-8(11)6-12-9/h2-3,6-7,13H,4-5H2,1H3. The molecule has 1 aliphatic rings. The van der Waals surface area contributed by atoms with Gasteiger partial charge in [-0.05, 0) is 31.9 Å². The molecule has 0 aromatic carbocycles. The average molecular weight is 198 g/mol. The van der Waals surface area contributed by atoms with E-state index in [2.05, 4.69) is 4.98 Å². The first-order valence-electron chi connectivity index (χ1n) is 4.45. The lowest BCUT2D eigenvalue weighted by atomic mass is 9.96. The zero-order chi connectivity index (χ0) is 9.47. The molecule has 0 aliphatic heterocycles. The van der Waals surface area contributed by atoms with Gasteiger partial charge in [0, 0.05) is 17.3 Å². The Morgan fingerprint density at radius 3 is 2.62 bits per heavy atom. The molecular formula is C10H12ClNO. The number of aliphatic hydroxyl groups excluding tert-OH is 1. The Morgan fingerprint density at radius 2 is 2.23 bits per heavy atom. The van der Waals surface area contributed by atoms with Crippen molar-refractivity contribution < 1.29 is 5.11 Å². The number of aliphatic hydroxyl groups is 1. The molecular weight excluding hydrogens is 186 g/mol. The average Bonchev–Trinajstić information content (AvgIpc) is 2.86. The van der Waals surface area contributed by atoms with Gasteiger partial charge in [-0.1, -0.05) is 11.6 Å². The third kappa shape index (κ3) is 1.45. The Kier molecular flexibility index (Phi) is 2.05. The summed E-state index contributed by atoms with van der Waals surface area (Å²) in [6, 6.07) is 3.73. The third-order valence-corrected chi connectivity index (χ3v) is 3.05. The molecule has 1 fully saturated rings. The van der Waals surface area contributed by atoms with Crippen LogP contribution in [0.25, 0.3) is 0 Å². The predicted molar refractivity (Wildman–Crippen MR) is 51.8 cm³/mol. The van der Waals surface area contributed by atoms with Crippen molar-refractivity contribution in [3.8, 4) is 0 Å². The van der Waals surface area contributed by atoms with Crippen molar-refractivity contribution in [2.45, 2.75) is 31.3 Å². The van der Waals surface area contributed by atoms with E-state index in [1.807, 2.05) is 19.1 Å². The summed E-state index contributed by atoms with van der Waals surface area (Å²) >= 11 is 5.74. The van der Waals surface area contributed by atoms with Crippen LogP contribution in [-0.4, -0.2) is 16.2 Å².